The van der Waals surface area contributed by atoms with Gasteiger partial charge in [0.2, 0.25) is 5.88 Å². The minimum Gasteiger partial charge on any atom is -0.493 e. The smallest absolute Gasteiger partial charge is 0.417 e. The molecule has 0 atom stereocenters. The summed E-state index contributed by atoms with van der Waals surface area (Å²) in [6.45, 7) is 0. The molecule has 0 N–H and O–H groups in total. The number of methoxy groups -OCH3 is 1. The molecule has 118 valence electrons. The van der Waals surface area contributed by atoms with E-state index in [1.54, 1.807) is 30.3 Å². The Morgan fingerprint density at radius 2 is 1.61 bits per heavy atom. The molecule has 0 bridgehead atoms. The summed E-state index contributed by atoms with van der Waals surface area (Å²) in [5, 5.41) is 0.327. The molecule has 23 heavy (non-hydrogen) atoms. The molecule has 3 nitrogen and oxygen atoms in total. The van der Waals surface area contributed by atoms with Crippen LogP contribution in [0.15, 0.2) is 54.7 Å². The van der Waals surface area contributed by atoms with Crippen LogP contribution < -0.4 is 9.47 Å². The fraction of sp³-hybridized carbons (Fsp3) is 0.118. The largest absolute Gasteiger partial charge is 0.493 e. The number of halogens is 3. The average molecular weight is 319 g/mol. The van der Waals surface area contributed by atoms with E-state index in [0.29, 0.717) is 11.5 Å². The van der Waals surface area contributed by atoms with Gasteiger partial charge in [-0.25, -0.2) is 4.98 Å². The molecule has 0 unspecified atom stereocenters. The average Bonchev–Trinajstić information content (AvgIpc) is 2.54. The maximum absolute atomic E-state index is 13.1. The van der Waals surface area contributed by atoms with Crippen molar-refractivity contribution in [3.63, 3.8) is 0 Å². The second kappa shape index (κ2) is 5.79. The van der Waals surface area contributed by atoms with Crippen LogP contribution in [0, 0.1) is 0 Å². The van der Waals surface area contributed by atoms with Gasteiger partial charge in [-0.3, -0.25) is 0 Å². The van der Waals surface area contributed by atoms with E-state index in [2.05, 4.69) is 4.98 Å². The van der Waals surface area contributed by atoms with Gasteiger partial charge >= 0.3 is 6.18 Å². The predicted octanol–water partition coefficient (Wildman–Crippen LogP) is 5.05. The molecule has 3 aromatic rings. The monoisotopic (exact) mass is 319 g/mol. The topological polar surface area (TPSA) is 31.4 Å². The summed E-state index contributed by atoms with van der Waals surface area (Å²) >= 11 is 0. The lowest BCUT2D eigenvalue weighted by Gasteiger charge is -2.13. The molecular formula is C17H12F3NO2. The van der Waals surface area contributed by atoms with Crippen LogP contribution in [0.2, 0.25) is 0 Å². The minimum absolute atomic E-state index is 0.0416. The van der Waals surface area contributed by atoms with Crippen molar-refractivity contribution in [3.8, 4) is 17.4 Å². The number of ether oxygens (including phenoxy) is 2. The number of para-hydroxylation sites is 2. The van der Waals surface area contributed by atoms with Gasteiger partial charge in [0.25, 0.3) is 0 Å². The highest BCUT2D eigenvalue weighted by molar-refractivity contribution is 5.90. The standard InChI is InChI=1S/C17H12F3NO2/c1-22-14-7-2-3-8-15(14)23-16-12-5-4-6-13(17(18,19)20)11(12)9-10-21-16/h2-10H,1H3. The Labute approximate surface area is 130 Å². The summed E-state index contributed by atoms with van der Waals surface area (Å²) in [6.07, 6.45) is -3.15. The van der Waals surface area contributed by atoms with Gasteiger partial charge in [-0.05, 0) is 30.3 Å². The molecule has 0 amide bonds. The van der Waals surface area contributed by atoms with E-state index in [0.717, 1.165) is 6.07 Å². The molecule has 2 aromatic carbocycles. The number of pyridine rings is 1. The molecule has 0 radical (unpaired) electrons. The Morgan fingerprint density at radius 3 is 2.30 bits per heavy atom. The van der Waals surface area contributed by atoms with E-state index in [-0.39, 0.29) is 16.7 Å². The van der Waals surface area contributed by atoms with E-state index in [1.165, 1.54) is 25.4 Å². The zero-order chi connectivity index (χ0) is 16.4. The number of nitrogens with zero attached hydrogens (tertiary/aromatic N) is 1. The third kappa shape index (κ3) is 2.92. The number of rotatable bonds is 3. The highest BCUT2D eigenvalue weighted by Crippen LogP contribution is 2.38. The molecule has 0 spiro atoms. The normalized spacial score (nSPS) is 11.5. The van der Waals surface area contributed by atoms with Gasteiger partial charge in [0.15, 0.2) is 11.5 Å². The second-order valence-corrected chi connectivity index (χ2v) is 4.77. The predicted molar refractivity (Wildman–Crippen MR) is 79.8 cm³/mol. The zero-order valence-corrected chi connectivity index (χ0v) is 12.1. The number of aromatic nitrogens is 1. The van der Waals surface area contributed by atoms with Crippen molar-refractivity contribution in [2.24, 2.45) is 0 Å². The molecule has 0 saturated carbocycles. The fourth-order valence-electron chi connectivity index (χ4n) is 2.32. The Bertz CT molecular complexity index is 847. The van der Waals surface area contributed by atoms with Gasteiger partial charge in [-0.2, -0.15) is 13.2 Å². The number of benzene rings is 2. The second-order valence-electron chi connectivity index (χ2n) is 4.77. The van der Waals surface area contributed by atoms with E-state index in [9.17, 15) is 13.2 Å². The van der Waals surface area contributed by atoms with Crippen molar-refractivity contribution in [2.45, 2.75) is 6.18 Å². The minimum atomic E-state index is -4.44. The third-order valence-electron chi connectivity index (χ3n) is 3.35. The van der Waals surface area contributed by atoms with Gasteiger partial charge in [-0.15, -0.1) is 0 Å². The zero-order valence-electron chi connectivity index (χ0n) is 12.1. The first-order valence-corrected chi connectivity index (χ1v) is 6.76. The number of hydrogen-bond donors (Lipinski definition) is 0. The summed E-state index contributed by atoms with van der Waals surface area (Å²) < 4.78 is 50.2. The van der Waals surface area contributed by atoms with Crippen molar-refractivity contribution in [1.29, 1.82) is 0 Å². The lowest BCUT2D eigenvalue weighted by molar-refractivity contribution is -0.136. The van der Waals surface area contributed by atoms with Crippen molar-refractivity contribution in [1.82, 2.24) is 4.98 Å². The van der Waals surface area contributed by atoms with Crippen molar-refractivity contribution in [2.75, 3.05) is 7.11 Å². The first-order chi connectivity index (χ1) is 11.0. The van der Waals surface area contributed by atoms with Crippen molar-refractivity contribution in [3.05, 3.63) is 60.3 Å². The Hall–Kier alpha value is -2.76. The highest BCUT2D eigenvalue weighted by atomic mass is 19.4. The quantitative estimate of drug-likeness (QED) is 0.676. The SMILES string of the molecule is COc1ccccc1Oc1nccc2c(C(F)(F)F)cccc12. The molecule has 0 fully saturated rings. The molecule has 0 saturated heterocycles. The first kappa shape index (κ1) is 15.1. The number of hydrogen-bond acceptors (Lipinski definition) is 3. The highest BCUT2D eigenvalue weighted by Gasteiger charge is 2.32. The van der Waals surface area contributed by atoms with Gasteiger partial charge in [0.1, 0.15) is 0 Å². The Kier molecular flexibility index (Phi) is 3.82. The molecule has 3 rings (SSSR count). The van der Waals surface area contributed by atoms with E-state index in [1.807, 2.05) is 0 Å². The van der Waals surface area contributed by atoms with Crippen LogP contribution in [-0.4, -0.2) is 12.1 Å². The molecule has 1 aromatic heterocycles. The van der Waals surface area contributed by atoms with E-state index in [4.69, 9.17) is 9.47 Å². The third-order valence-corrected chi connectivity index (χ3v) is 3.35. The summed E-state index contributed by atoms with van der Waals surface area (Å²) in [6, 6.07) is 12.1. The summed E-state index contributed by atoms with van der Waals surface area (Å²) in [7, 11) is 1.49. The maximum atomic E-state index is 13.1. The van der Waals surface area contributed by atoms with E-state index >= 15 is 0 Å². The summed E-state index contributed by atoms with van der Waals surface area (Å²) in [5.41, 5.74) is -0.720. The molecular weight excluding hydrogens is 307 g/mol. The van der Waals surface area contributed by atoms with Crippen LogP contribution in [0.25, 0.3) is 10.8 Å². The lowest BCUT2D eigenvalue weighted by atomic mass is 10.1. The van der Waals surface area contributed by atoms with Crippen LogP contribution in [-0.2, 0) is 6.18 Å². The molecule has 6 heteroatoms. The Balaban J connectivity index is 2.12. The van der Waals surface area contributed by atoms with Crippen molar-refractivity contribution >= 4 is 10.8 Å². The van der Waals surface area contributed by atoms with Crippen LogP contribution >= 0.6 is 0 Å². The maximum Gasteiger partial charge on any atom is 0.417 e. The molecule has 0 aliphatic heterocycles. The van der Waals surface area contributed by atoms with Gasteiger partial charge in [0.05, 0.1) is 12.7 Å². The van der Waals surface area contributed by atoms with Crippen LogP contribution in [0.1, 0.15) is 5.56 Å². The summed E-state index contributed by atoms with van der Waals surface area (Å²) in [4.78, 5) is 4.06. The fourth-order valence-corrected chi connectivity index (χ4v) is 2.32. The van der Waals surface area contributed by atoms with Crippen LogP contribution in [0.3, 0.4) is 0 Å². The first-order valence-electron chi connectivity index (χ1n) is 6.76. The molecule has 0 aliphatic carbocycles. The lowest BCUT2D eigenvalue weighted by Crippen LogP contribution is -2.06. The molecule has 1 heterocycles. The summed E-state index contributed by atoms with van der Waals surface area (Å²) in [5.74, 6) is 0.948. The number of alkyl halides is 3. The Morgan fingerprint density at radius 1 is 0.870 bits per heavy atom. The molecule has 0 aliphatic rings. The van der Waals surface area contributed by atoms with Gasteiger partial charge < -0.3 is 9.47 Å². The van der Waals surface area contributed by atoms with Gasteiger partial charge in [0, 0.05) is 17.0 Å². The van der Waals surface area contributed by atoms with Gasteiger partial charge in [-0.1, -0.05) is 18.2 Å². The number of fused-ring (bicyclic) bond motifs is 1. The van der Waals surface area contributed by atoms with Crippen LogP contribution in [0.4, 0.5) is 13.2 Å². The van der Waals surface area contributed by atoms with Crippen LogP contribution in [0.5, 0.6) is 17.4 Å². The van der Waals surface area contributed by atoms with E-state index < -0.39 is 11.7 Å². The van der Waals surface area contributed by atoms with Crippen molar-refractivity contribution < 1.29 is 22.6 Å².